The fourth-order valence-electron chi connectivity index (χ4n) is 1.49. The van der Waals surface area contributed by atoms with Gasteiger partial charge in [0.25, 0.3) is 5.91 Å². The second kappa shape index (κ2) is 5.59. The summed E-state index contributed by atoms with van der Waals surface area (Å²) >= 11 is 0. The standard InChI is InChI=1S/C12H15N3O4S/c1-8(16)13-14-12(17)9-2-6-11(7-3-9)20(18,19)15-10-4-5-10/h2-3,6-7,10,15H,4-5H2,1H3,(H,13,16)(H,14,17). The van der Waals surface area contributed by atoms with Crippen LogP contribution in [0.3, 0.4) is 0 Å². The fourth-order valence-corrected chi connectivity index (χ4v) is 2.80. The largest absolute Gasteiger partial charge is 0.274 e. The van der Waals surface area contributed by atoms with Crippen LogP contribution in [0.2, 0.25) is 0 Å². The summed E-state index contributed by atoms with van der Waals surface area (Å²) in [6, 6.07) is 5.51. The number of rotatable bonds is 4. The van der Waals surface area contributed by atoms with Crippen molar-refractivity contribution in [2.24, 2.45) is 0 Å². The smallest absolute Gasteiger partial charge is 0.269 e. The number of nitrogens with one attached hydrogen (secondary N) is 3. The zero-order valence-corrected chi connectivity index (χ0v) is 11.7. The minimum atomic E-state index is -3.52. The monoisotopic (exact) mass is 297 g/mol. The highest BCUT2D eigenvalue weighted by Gasteiger charge is 2.27. The van der Waals surface area contributed by atoms with Gasteiger partial charge in [-0.15, -0.1) is 0 Å². The van der Waals surface area contributed by atoms with Crippen LogP contribution in [0.25, 0.3) is 0 Å². The van der Waals surface area contributed by atoms with E-state index in [1.54, 1.807) is 0 Å². The molecule has 0 atom stereocenters. The van der Waals surface area contributed by atoms with Gasteiger partial charge in [0.1, 0.15) is 0 Å². The van der Waals surface area contributed by atoms with Gasteiger partial charge in [-0.25, -0.2) is 13.1 Å². The topological polar surface area (TPSA) is 104 Å². The van der Waals surface area contributed by atoms with Crippen LogP contribution in [0.4, 0.5) is 0 Å². The molecular weight excluding hydrogens is 282 g/mol. The molecule has 1 aliphatic carbocycles. The third-order valence-corrected chi connectivity index (χ3v) is 4.21. The van der Waals surface area contributed by atoms with E-state index in [1.807, 2.05) is 0 Å². The molecule has 0 aliphatic heterocycles. The number of hydrazine groups is 1. The van der Waals surface area contributed by atoms with E-state index < -0.39 is 21.8 Å². The SMILES string of the molecule is CC(=O)NNC(=O)c1ccc(S(=O)(=O)NC2CC2)cc1. The molecule has 0 spiro atoms. The van der Waals surface area contributed by atoms with E-state index in [1.165, 1.54) is 31.2 Å². The first-order valence-electron chi connectivity index (χ1n) is 6.08. The van der Waals surface area contributed by atoms with Crippen LogP contribution in [-0.4, -0.2) is 26.3 Å². The van der Waals surface area contributed by atoms with Gasteiger partial charge in [0, 0.05) is 18.5 Å². The molecule has 2 amide bonds. The van der Waals surface area contributed by atoms with Gasteiger partial charge in [0.05, 0.1) is 4.90 Å². The number of hydrogen-bond acceptors (Lipinski definition) is 4. The lowest BCUT2D eigenvalue weighted by atomic mass is 10.2. The first-order valence-corrected chi connectivity index (χ1v) is 7.56. The van der Waals surface area contributed by atoms with E-state index in [0.717, 1.165) is 12.8 Å². The van der Waals surface area contributed by atoms with E-state index in [0.29, 0.717) is 0 Å². The average Bonchev–Trinajstić information content (AvgIpc) is 3.19. The summed E-state index contributed by atoms with van der Waals surface area (Å²) in [5.74, 6) is -0.912. The maximum atomic E-state index is 11.9. The second-order valence-corrected chi connectivity index (χ2v) is 6.27. The van der Waals surface area contributed by atoms with Gasteiger partial charge in [-0.05, 0) is 37.1 Å². The highest BCUT2D eigenvalue weighted by molar-refractivity contribution is 7.89. The zero-order valence-electron chi connectivity index (χ0n) is 10.8. The molecule has 0 bridgehead atoms. The average molecular weight is 297 g/mol. The summed E-state index contributed by atoms with van der Waals surface area (Å²) in [5.41, 5.74) is 4.60. The Morgan fingerprint density at radius 3 is 2.20 bits per heavy atom. The van der Waals surface area contributed by atoms with Crippen LogP contribution in [0.5, 0.6) is 0 Å². The Balaban J connectivity index is 2.05. The summed E-state index contributed by atoms with van der Waals surface area (Å²) in [6.45, 7) is 1.26. The Hall–Kier alpha value is -1.93. The molecule has 1 fully saturated rings. The lowest BCUT2D eigenvalue weighted by Gasteiger charge is -2.07. The van der Waals surface area contributed by atoms with Gasteiger partial charge in [-0.2, -0.15) is 0 Å². The predicted octanol–water partition coefficient (Wildman–Crippen LogP) is -0.0918. The van der Waals surface area contributed by atoms with Crippen molar-refractivity contribution in [1.82, 2.24) is 15.6 Å². The zero-order chi connectivity index (χ0) is 14.8. The lowest BCUT2D eigenvalue weighted by Crippen LogP contribution is -2.40. The number of amides is 2. The molecule has 1 saturated carbocycles. The summed E-state index contributed by atoms with van der Waals surface area (Å²) in [7, 11) is -3.52. The van der Waals surface area contributed by atoms with Gasteiger partial charge in [0.15, 0.2) is 0 Å². The first kappa shape index (κ1) is 14.5. The molecule has 3 N–H and O–H groups in total. The molecular formula is C12H15N3O4S. The maximum Gasteiger partial charge on any atom is 0.269 e. The van der Waals surface area contributed by atoms with Gasteiger partial charge >= 0.3 is 0 Å². The molecule has 0 heterocycles. The molecule has 0 radical (unpaired) electrons. The molecule has 1 aliphatic rings. The van der Waals surface area contributed by atoms with Crippen LogP contribution in [-0.2, 0) is 14.8 Å². The molecule has 1 aromatic rings. The van der Waals surface area contributed by atoms with E-state index in [9.17, 15) is 18.0 Å². The van der Waals surface area contributed by atoms with Crippen molar-refractivity contribution in [1.29, 1.82) is 0 Å². The van der Waals surface area contributed by atoms with Crippen LogP contribution >= 0.6 is 0 Å². The van der Waals surface area contributed by atoms with Crippen molar-refractivity contribution in [3.05, 3.63) is 29.8 Å². The minimum Gasteiger partial charge on any atom is -0.274 e. The van der Waals surface area contributed by atoms with Crippen molar-refractivity contribution in [2.45, 2.75) is 30.7 Å². The second-order valence-electron chi connectivity index (χ2n) is 4.56. The molecule has 1 aromatic carbocycles. The highest BCUT2D eigenvalue weighted by Crippen LogP contribution is 2.22. The van der Waals surface area contributed by atoms with Crippen molar-refractivity contribution in [2.75, 3.05) is 0 Å². The van der Waals surface area contributed by atoms with Crippen molar-refractivity contribution in [3.63, 3.8) is 0 Å². The van der Waals surface area contributed by atoms with E-state index in [2.05, 4.69) is 15.6 Å². The number of sulfonamides is 1. The van der Waals surface area contributed by atoms with Crippen molar-refractivity contribution in [3.8, 4) is 0 Å². The molecule has 0 aromatic heterocycles. The Morgan fingerprint density at radius 2 is 1.70 bits per heavy atom. The molecule has 2 rings (SSSR count). The molecule has 0 saturated heterocycles. The number of benzene rings is 1. The first-order chi connectivity index (χ1) is 9.38. The van der Waals surface area contributed by atoms with Crippen LogP contribution in [0, 0.1) is 0 Å². The molecule has 0 unspecified atom stereocenters. The van der Waals surface area contributed by atoms with E-state index in [4.69, 9.17) is 0 Å². The van der Waals surface area contributed by atoms with Gasteiger partial charge < -0.3 is 0 Å². The van der Waals surface area contributed by atoms with Crippen LogP contribution in [0.15, 0.2) is 29.2 Å². The predicted molar refractivity (Wildman–Crippen MR) is 71.1 cm³/mol. The third-order valence-electron chi connectivity index (χ3n) is 2.68. The van der Waals surface area contributed by atoms with Gasteiger partial charge in [-0.3, -0.25) is 20.4 Å². The fraction of sp³-hybridized carbons (Fsp3) is 0.333. The summed E-state index contributed by atoms with van der Waals surface area (Å²) < 4.78 is 26.4. The Labute approximate surface area is 116 Å². The lowest BCUT2D eigenvalue weighted by molar-refractivity contribution is -0.119. The van der Waals surface area contributed by atoms with Crippen molar-refractivity contribution >= 4 is 21.8 Å². The highest BCUT2D eigenvalue weighted by atomic mass is 32.2. The summed E-state index contributed by atoms with van der Waals surface area (Å²) in [4.78, 5) is 22.4. The summed E-state index contributed by atoms with van der Waals surface area (Å²) in [6.07, 6.45) is 1.72. The van der Waals surface area contributed by atoms with Crippen molar-refractivity contribution < 1.29 is 18.0 Å². The Bertz CT molecular complexity index is 621. The van der Waals surface area contributed by atoms with E-state index in [-0.39, 0.29) is 16.5 Å². The molecule has 8 heteroatoms. The van der Waals surface area contributed by atoms with Gasteiger partial charge in [0.2, 0.25) is 15.9 Å². The normalized spacial score (nSPS) is 14.7. The van der Waals surface area contributed by atoms with Gasteiger partial charge in [-0.1, -0.05) is 0 Å². The minimum absolute atomic E-state index is 0.0303. The molecule has 20 heavy (non-hydrogen) atoms. The van der Waals surface area contributed by atoms with Crippen LogP contribution in [0.1, 0.15) is 30.1 Å². The molecule has 108 valence electrons. The van der Waals surface area contributed by atoms with E-state index >= 15 is 0 Å². The maximum absolute atomic E-state index is 11.9. The quantitative estimate of drug-likeness (QED) is 0.675. The number of carbonyl (C=O) groups excluding carboxylic acids is 2. The Kier molecular flexibility index (Phi) is 4.05. The Morgan fingerprint density at radius 1 is 1.10 bits per heavy atom. The summed E-state index contributed by atoms with van der Waals surface area (Å²) in [5, 5.41) is 0. The van der Waals surface area contributed by atoms with Crippen LogP contribution < -0.4 is 15.6 Å². The number of carbonyl (C=O) groups is 2. The third kappa shape index (κ3) is 3.78. The number of hydrogen-bond donors (Lipinski definition) is 3. The molecule has 7 nitrogen and oxygen atoms in total.